The molecule has 0 saturated carbocycles. The van der Waals surface area contributed by atoms with E-state index in [2.05, 4.69) is 199 Å². The van der Waals surface area contributed by atoms with Gasteiger partial charge in [-0.1, -0.05) is 153 Å². The van der Waals surface area contributed by atoms with Gasteiger partial charge >= 0.3 is 0 Å². The Kier molecular flexibility index (Phi) is 7.24. The van der Waals surface area contributed by atoms with Crippen molar-refractivity contribution in [3.05, 3.63) is 205 Å². The fourth-order valence-electron chi connectivity index (χ4n) is 9.69. The van der Waals surface area contributed by atoms with Crippen LogP contribution in [0.15, 0.2) is 194 Å². The normalized spacial score (nSPS) is 13.1. The second-order valence-corrected chi connectivity index (χ2v) is 16.2. The standard InChI is InChI=1S/C55H38N4/c1-55(2)46-24-14-12-22-41(46)43-33-44-42-23-13-15-25-48(42)58(50(44)34-47(43)55)40-29-26-35(27-30-40)38-28-31-49-45(32-38)51-52(36-16-6-3-7-17-36)56-53(37-18-8-4-9-19-37)57-54(51)59(49)39-20-10-5-11-21-39/h3-34H,1-2H3. The molecule has 0 bridgehead atoms. The van der Waals surface area contributed by atoms with Crippen LogP contribution >= 0.6 is 0 Å². The monoisotopic (exact) mass is 754 g/mol. The van der Waals surface area contributed by atoms with Gasteiger partial charge in [0.1, 0.15) is 5.65 Å². The zero-order valence-electron chi connectivity index (χ0n) is 32.8. The Morgan fingerprint density at radius 2 is 1.02 bits per heavy atom. The van der Waals surface area contributed by atoms with Gasteiger partial charge in [0.15, 0.2) is 5.82 Å². The Morgan fingerprint density at radius 3 is 1.80 bits per heavy atom. The lowest BCUT2D eigenvalue weighted by Gasteiger charge is -2.21. The Hall–Kier alpha value is -7.56. The van der Waals surface area contributed by atoms with Crippen molar-refractivity contribution < 1.29 is 0 Å². The summed E-state index contributed by atoms with van der Waals surface area (Å²) in [5.41, 5.74) is 17.3. The van der Waals surface area contributed by atoms with Crippen LogP contribution in [0, 0.1) is 0 Å². The fraction of sp³-hybridized carbons (Fsp3) is 0.0545. The van der Waals surface area contributed by atoms with Crippen molar-refractivity contribution in [3.8, 4) is 56.3 Å². The first-order valence-corrected chi connectivity index (χ1v) is 20.3. The Labute approximate surface area is 342 Å². The molecule has 12 rings (SSSR count). The summed E-state index contributed by atoms with van der Waals surface area (Å²) in [7, 11) is 0. The van der Waals surface area contributed by atoms with E-state index in [0.29, 0.717) is 5.82 Å². The van der Waals surface area contributed by atoms with Crippen molar-refractivity contribution in [2.45, 2.75) is 19.3 Å². The largest absolute Gasteiger partial charge is 0.309 e. The lowest BCUT2D eigenvalue weighted by Crippen LogP contribution is -2.14. The predicted molar refractivity (Wildman–Crippen MR) is 245 cm³/mol. The molecule has 0 amide bonds. The highest BCUT2D eigenvalue weighted by Gasteiger charge is 2.36. The number of hydrogen-bond acceptors (Lipinski definition) is 2. The zero-order chi connectivity index (χ0) is 39.2. The topological polar surface area (TPSA) is 35.6 Å². The quantitative estimate of drug-likeness (QED) is 0.175. The molecule has 0 unspecified atom stereocenters. The molecule has 0 aliphatic heterocycles. The van der Waals surface area contributed by atoms with E-state index in [4.69, 9.17) is 9.97 Å². The molecule has 3 heterocycles. The molecule has 0 N–H and O–H groups in total. The van der Waals surface area contributed by atoms with E-state index in [1.54, 1.807) is 0 Å². The first kappa shape index (κ1) is 33.6. The second kappa shape index (κ2) is 12.7. The molecule has 0 saturated heterocycles. The molecule has 0 radical (unpaired) electrons. The third-order valence-corrected chi connectivity index (χ3v) is 12.5. The van der Waals surface area contributed by atoms with Gasteiger partial charge in [0.05, 0.1) is 27.6 Å². The van der Waals surface area contributed by atoms with Crippen LogP contribution in [0.25, 0.3) is 100 Å². The Balaban J connectivity index is 1.04. The van der Waals surface area contributed by atoms with Crippen molar-refractivity contribution in [3.63, 3.8) is 0 Å². The highest BCUT2D eigenvalue weighted by Crippen LogP contribution is 2.51. The predicted octanol–water partition coefficient (Wildman–Crippen LogP) is 14.0. The minimum atomic E-state index is -0.0813. The van der Waals surface area contributed by atoms with Gasteiger partial charge in [0, 0.05) is 44.1 Å². The van der Waals surface area contributed by atoms with Crippen molar-refractivity contribution in [1.82, 2.24) is 19.1 Å². The van der Waals surface area contributed by atoms with E-state index in [0.717, 1.165) is 61.3 Å². The maximum Gasteiger partial charge on any atom is 0.162 e. The smallest absolute Gasteiger partial charge is 0.162 e. The van der Waals surface area contributed by atoms with Crippen LogP contribution in [0.2, 0.25) is 0 Å². The molecule has 0 atom stereocenters. The molecule has 8 aromatic carbocycles. The van der Waals surface area contributed by atoms with Gasteiger partial charge in [0.25, 0.3) is 0 Å². The molecular weight excluding hydrogens is 717 g/mol. The highest BCUT2D eigenvalue weighted by molar-refractivity contribution is 6.15. The summed E-state index contributed by atoms with van der Waals surface area (Å²) in [4.78, 5) is 10.6. The molecule has 4 nitrogen and oxygen atoms in total. The molecule has 4 heteroatoms. The Morgan fingerprint density at radius 1 is 0.390 bits per heavy atom. The number of fused-ring (bicyclic) bond motifs is 9. The van der Waals surface area contributed by atoms with Gasteiger partial charge in [-0.05, 0) is 88.0 Å². The summed E-state index contributed by atoms with van der Waals surface area (Å²) in [5.74, 6) is 0.705. The van der Waals surface area contributed by atoms with E-state index >= 15 is 0 Å². The number of aromatic nitrogens is 4. The average Bonchev–Trinajstić information content (AvgIpc) is 3.88. The number of hydrogen-bond donors (Lipinski definition) is 0. The first-order valence-electron chi connectivity index (χ1n) is 20.3. The van der Waals surface area contributed by atoms with Gasteiger partial charge < -0.3 is 4.57 Å². The van der Waals surface area contributed by atoms with Gasteiger partial charge in [-0.2, -0.15) is 0 Å². The minimum absolute atomic E-state index is 0.0813. The van der Waals surface area contributed by atoms with Crippen molar-refractivity contribution in [1.29, 1.82) is 0 Å². The average molecular weight is 755 g/mol. The third kappa shape index (κ3) is 5.03. The molecule has 1 aliphatic rings. The fourth-order valence-corrected chi connectivity index (χ4v) is 9.69. The molecule has 0 fully saturated rings. The summed E-state index contributed by atoms with van der Waals surface area (Å²) in [6.07, 6.45) is 0. The summed E-state index contributed by atoms with van der Waals surface area (Å²) in [6.45, 7) is 4.72. The molecule has 3 aromatic heterocycles. The lowest BCUT2D eigenvalue weighted by molar-refractivity contribution is 0.661. The highest BCUT2D eigenvalue weighted by atomic mass is 15.1. The molecule has 278 valence electrons. The lowest BCUT2D eigenvalue weighted by atomic mass is 9.82. The van der Waals surface area contributed by atoms with Crippen LogP contribution < -0.4 is 0 Å². The van der Waals surface area contributed by atoms with E-state index in [1.807, 2.05) is 18.2 Å². The molecule has 1 aliphatic carbocycles. The third-order valence-electron chi connectivity index (χ3n) is 12.5. The number of nitrogens with zero attached hydrogens (tertiary/aromatic N) is 4. The minimum Gasteiger partial charge on any atom is -0.309 e. The van der Waals surface area contributed by atoms with Crippen LogP contribution in [0.1, 0.15) is 25.0 Å². The summed E-state index contributed by atoms with van der Waals surface area (Å²) in [5, 5.41) is 4.70. The van der Waals surface area contributed by atoms with Gasteiger partial charge in [0.2, 0.25) is 0 Å². The second-order valence-electron chi connectivity index (χ2n) is 16.2. The SMILES string of the molecule is CC1(C)c2ccccc2-c2cc3c4ccccc4n(-c4ccc(-c5ccc6c(c5)c5c(-c7ccccc7)nc(-c7ccccc7)nc5n6-c5ccccc5)cc4)c3cc21. The maximum atomic E-state index is 5.33. The number of para-hydroxylation sites is 2. The van der Waals surface area contributed by atoms with Crippen LogP contribution in [0.3, 0.4) is 0 Å². The molecule has 0 spiro atoms. The van der Waals surface area contributed by atoms with E-state index in [1.165, 1.54) is 44.1 Å². The summed E-state index contributed by atoms with van der Waals surface area (Å²) >= 11 is 0. The van der Waals surface area contributed by atoms with Crippen molar-refractivity contribution >= 4 is 43.7 Å². The molecular formula is C55H38N4. The summed E-state index contributed by atoms with van der Waals surface area (Å²) in [6, 6.07) is 69.8. The van der Waals surface area contributed by atoms with Crippen LogP contribution in [0.5, 0.6) is 0 Å². The van der Waals surface area contributed by atoms with Crippen LogP contribution in [0.4, 0.5) is 0 Å². The van der Waals surface area contributed by atoms with Crippen molar-refractivity contribution in [2.24, 2.45) is 0 Å². The Bertz CT molecular complexity index is 3430. The number of benzene rings is 8. The molecule has 11 aromatic rings. The number of rotatable bonds is 5. The molecule has 59 heavy (non-hydrogen) atoms. The zero-order valence-corrected chi connectivity index (χ0v) is 32.8. The van der Waals surface area contributed by atoms with Crippen LogP contribution in [-0.2, 0) is 5.41 Å². The van der Waals surface area contributed by atoms with Crippen molar-refractivity contribution in [2.75, 3.05) is 0 Å². The van der Waals surface area contributed by atoms with E-state index in [-0.39, 0.29) is 5.41 Å². The summed E-state index contributed by atoms with van der Waals surface area (Å²) < 4.78 is 4.73. The van der Waals surface area contributed by atoms with Gasteiger partial charge in [-0.25, -0.2) is 9.97 Å². The van der Waals surface area contributed by atoms with E-state index in [9.17, 15) is 0 Å². The van der Waals surface area contributed by atoms with Gasteiger partial charge in [-0.15, -0.1) is 0 Å². The maximum absolute atomic E-state index is 5.33. The first-order chi connectivity index (χ1) is 29.0. The van der Waals surface area contributed by atoms with E-state index < -0.39 is 0 Å². The van der Waals surface area contributed by atoms with Gasteiger partial charge in [-0.3, -0.25) is 4.57 Å². The van der Waals surface area contributed by atoms with Crippen LogP contribution in [-0.4, -0.2) is 19.1 Å².